The second-order valence-electron chi connectivity index (χ2n) is 5.18. The second kappa shape index (κ2) is 4.17. The van der Waals surface area contributed by atoms with E-state index < -0.39 is 0 Å². The lowest BCUT2D eigenvalue weighted by Gasteiger charge is -2.42. The van der Waals surface area contributed by atoms with Gasteiger partial charge in [0.2, 0.25) is 0 Å². The predicted molar refractivity (Wildman–Crippen MR) is 59.3 cm³/mol. The van der Waals surface area contributed by atoms with Crippen molar-refractivity contribution in [2.75, 3.05) is 27.2 Å². The summed E-state index contributed by atoms with van der Waals surface area (Å²) in [6, 6.07) is 2.08. The highest BCUT2D eigenvalue weighted by Gasteiger charge is 2.37. The molecule has 0 aromatic carbocycles. The zero-order valence-electron chi connectivity index (χ0n) is 9.45. The summed E-state index contributed by atoms with van der Waals surface area (Å²) in [6.45, 7) is 2.52. The van der Waals surface area contributed by atoms with Gasteiger partial charge in [0.05, 0.1) is 0 Å². The van der Waals surface area contributed by atoms with Crippen LogP contribution in [0, 0.1) is 0 Å². The first-order valence-electron chi connectivity index (χ1n) is 5.83. The van der Waals surface area contributed by atoms with Gasteiger partial charge in [-0.2, -0.15) is 0 Å². The van der Waals surface area contributed by atoms with E-state index in [1.54, 1.807) is 0 Å². The Morgan fingerprint density at radius 2 is 2.07 bits per heavy atom. The predicted octanol–water partition coefficient (Wildman–Crippen LogP) is 0.502. The Labute approximate surface area is 87.2 Å². The second-order valence-corrected chi connectivity index (χ2v) is 5.18. The molecule has 1 unspecified atom stereocenters. The number of likely N-dealkylation sites (tertiary alicyclic amines) is 1. The van der Waals surface area contributed by atoms with Crippen molar-refractivity contribution in [1.82, 2.24) is 9.80 Å². The molecule has 2 fully saturated rings. The fourth-order valence-corrected chi connectivity index (χ4v) is 2.86. The summed E-state index contributed by atoms with van der Waals surface area (Å²) in [5.41, 5.74) is 5.85. The molecule has 2 aliphatic rings. The average Bonchev–Trinajstić information content (AvgIpc) is 2.45. The third-order valence-corrected chi connectivity index (χ3v) is 3.62. The highest BCUT2D eigenvalue weighted by atomic mass is 15.2. The van der Waals surface area contributed by atoms with E-state index in [1.165, 1.54) is 38.8 Å². The molecular weight excluding hydrogens is 174 g/mol. The molecule has 82 valence electrons. The van der Waals surface area contributed by atoms with E-state index in [0.717, 1.165) is 12.1 Å². The van der Waals surface area contributed by atoms with Crippen LogP contribution in [-0.2, 0) is 0 Å². The number of rotatable bonds is 3. The molecule has 1 atom stereocenters. The molecule has 0 aromatic rings. The number of nitrogens with two attached hydrogens (primary N) is 1. The molecule has 0 bridgehead atoms. The van der Waals surface area contributed by atoms with Crippen molar-refractivity contribution >= 4 is 0 Å². The molecule has 0 aromatic heterocycles. The minimum Gasteiger partial charge on any atom is -0.328 e. The SMILES string of the molecule is CN(C)CC1CCCN1C1CC(N)C1. The van der Waals surface area contributed by atoms with Crippen molar-refractivity contribution in [3.63, 3.8) is 0 Å². The molecule has 1 aliphatic heterocycles. The van der Waals surface area contributed by atoms with E-state index in [2.05, 4.69) is 23.9 Å². The van der Waals surface area contributed by atoms with Crippen LogP contribution in [-0.4, -0.2) is 55.1 Å². The van der Waals surface area contributed by atoms with Crippen molar-refractivity contribution < 1.29 is 0 Å². The van der Waals surface area contributed by atoms with Gasteiger partial charge in [-0.15, -0.1) is 0 Å². The largest absolute Gasteiger partial charge is 0.328 e. The lowest BCUT2D eigenvalue weighted by molar-refractivity contribution is 0.0856. The molecule has 3 nitrogen and oxygen atoms in total. The number of nitrogens with zero attached hydrogens (tertiary/aromatic N) is 2. The molecule has 1 saturated carbocycles. The molecular formula is C11H23N3. The quantitative estimate of drug-likeness (QED) is 0.715. The molecule has 1 heterocycles. The summed E-state index contributed by atoms with van der Waals surface area (Å²) in [4.78, 5) is 5.00. The monoisotopic (exact) mass is 197 g/mol. The third-order valence-electron chi connectivity index (χ3n) is 3.62. The summed E-state index contributed by atoms with van der Waals surface area (Å²) in [5.74, 6) is 0. The number of likely N-dealkylation sites (N-methyl/N-ethyl adjacent to an activating group) is 1. The first-order valence-corrected chi connectivity index (χ1v) is 5.83. The third kappa shape index (κ3) is 2.10. The van der Waals surface area contributed by atoms with Crippen LogP contribution >= 0.6 is 0 Å². The normalized spacial score (nSPS) is 39.0. The summed E-state index contributed by atoms with van der Waals surface area (Å²) in [5, 5.41) is 0. The maximum Gasteiger partial charge on any atom is 0.0226 e. The van der Waals surface area contributed by atoms with E-state index in [-0.39, 0.29) is 0 Å². The van der Waals surface area contributed by atoms with Crippen LogP contribution < -0.4 is 5.73 Å². The standard InChI is InChI=1S/C11H23N3/c1-13(2)8-10-4-3-5-14(10)11-6-9(12)7-11/h9-11H,3-8,12H2,1-2H3. The van der Waals surface area contributed by atoms with Crippen LogP contribution in [0.5, 0.6) is 0 Å². The highest BCUT2D eigenvalue weighted by Crippen LogP contribution is 2.30. The zero-order chi connectivity index (χ0) is 10.1. The van der Waals surface area contributed by atoms with Gasteiger partial charge in [-0.25, -0.2) is 0 Å². The van der Waals surface area contributed by atoms with Gasteiger partial charge in [0, 0.05) is 24.7 Å². The van der Waals surface area contributed by atoms with Crippen molar-refractivity contribution in [2.45, 2.75) is 43.8 Å². The van der Waals surface area contributed by atoms with Crippen molar-refractivity contribution in [2.24, 2.45) is 5.73 Å². The number of hydrogen-bond acceptors (Lipinski definition) is 3. The van der Waals surface area contributed by atoms with Gasteiger partial charge in [-0.3, -0.25) is 4.90 Å². The van der Waals surface area contributed by atoms with Gasteiger partial charge in [0.15, 0.2) is 0 Å². The Balaban J connectivity index is 1.84. The van der Waals surface area contributed by atoms with Crippen LogP contribution in [0.1, 0.15) is 25.7 Å². The lowest BCUT2D eigenvalue weighted by Crippen LogP contribution is -2.53. The first kappa shape index (κ1) is 10.4. The molecule has 1 aliphatic carbocycles. The van der Waals surface area contributed by atoms with Crippen molar-refractivity contribution in [1.29, 1.82) is 0 Å². The minimum atomic E-state index is 0.487. The molecule has 0 spiro atoms. The maximum atomic E-state index is 5.85. The summed E-state index contributed by atoms with van der Waals surface area (Å²) in [7, 11) is 4.34. The van der Waals surface area contributed by atoms with E-state index in [0.29, 0.717) is 6.04 Å². The lowest BCUT2D eigenvalue weighted by atomic mass is 9.86. The smallest absolute Gasteiger partial charge is 0.0226 e. The van der Waals surface area contributed by atoms with E-state index in [1.807, 2.05) is 0 Å². The molecule has 2 N–H and O–H groups in total. The van der Waals surface area contributed by atoms with Crippen molar-refractivity contribution in [3.05, 3.63) is 0 Å². The molecule has 1 saturated heterocycles. The highest BCUT2D eigenvalue weighted by molar-refractivity contribution is 4.95. The van der Waals surface area contributed by atoms with Gasteiger partial charge in [0.1, 0.15) is 0 Å². The average molecular weight is 197 g/mol. The molecule has 2 rings (SSSR count). The molecule has 0 radical (unpaired) electrons. The number of hydrogen-bond donors (Lipinski definition) is 1. The Morgan fingerprint density at radius 1 is 1.36 bits per heavy atom. The van der Waals surface area contributed by atoms with E-state index >= 15 is 0 Å². The van der Waals surface area contributed by atoms with Crippen LogP contribution in [0.25, 0.3) is 0 Å². The van der Waals surface area contributed by atoms with Gasteiger partial charge in [0.25, 0.3) is 0 Å². The Kier molecular flexibility index (Phi) is 3.10. The Hall–Kier alpha value is -0.120. The minimum absolute atomic E-state index is 0.487. The molecule has 0 amide bonds. The topological polar surface area (TPSA) is 32.5 Å². The van der Waals surface area contributed by atoms with E-state index in [9.17, 15) is 0 Å². The van der Waals surface area contributed by atoms with Crippen LogP contribution in [0.4, 0.5) is 0 Å². The van der Waals surface area contributed by atoms with Crippen LogP contribution in [0.2, 0.25) is 0 Å². The van der Waals surface area contributed by atoms with E-state index in [4.69, 9.17) is 5.73 Å². The summed E-state index contributed by atoms with van der Waals surface area (Å²) < 4.78 is 0. The first-order chi connectivity index (χ1) is 6.66. The Bertz CT molecular complexity index is 187. The summed E-state index contributed by atoms with van der Waals surface area (Å²) in [6.07, 6.45) is 5.21. The molecule has 14 heavy (non-hydrogen) atoms. The Morgan fingerprint density at radius 3 is 2.64 bits per heavy atom. The summed E-state index contributed by atoms with van der Waals surface area (Å²) >= 11 is 0. The van der Waals surface area contributed by atoms with Gasteiger partial charge in [-0.1, -0.05) is 0 Å². The fourth-order valence-electron chi connectivity index (χ4n) is 2.86. The molecule has 3 heteroatoms. The van der Waals surface area contributed by atoms with Crippen LogP contribution in [0.3, 0.4) is 0 Å². The fraction of sp³-hybridized carbons (Fsp3) is 1.00. The van der Waals surface area contributed by atoms with Crippen molar-refractivity contribution in [3.8, 4) is 0 Å². The zero-order valence-corrected chi connectivity index (χ0v) is 9.45. The van der Waals surface area contributed by atoms with Gasteiger partial charge >= 0.3 is 0 Å². The van der Waals surface area contributed by atoms with Crippen LogP contribution in [0.15, 0.2) is 0 Å². The van der Waals surface area contributed by atoms with Gasteiger partial charge in [-0.05, 0) is 46.3 Å². The van der Waals surface area contributed by atoms with Gasteiger partial charge < -0.3 is 10.6 Å². The maximum absolute atomic E-state index is 5.85.